The van der Waals surface area contributed by atoms with E-state index in [-0.39, 0.29) is 11.6 Å². The molecule has 0 saturated carbocycles. The zero-order valence-electron chi connectivity index (χ0n) is 14.0. The molecular weight excluding hydrogens is 316 g/mol. The molecule has 5 nitrogen and oxygen atoms in total. The molecule has 128 valence electrons. The lowest BCUT2D eigenvalue weighted by Gasteiger charge is -2.11. The number of nitrogens with one attached hydrogen (secondary N) is 2. The standard InChI is InChI=1S/C20H20N2O3/c1-3-12-25-18-11-7-10-17(14-18)22-20(24)19(21-15(2)23)13-16-8-5-4-6-9-16/h3-11,13-14H,1,12H2,2H3,(H,21,23)(H,22,24)/b19-13-. The lowest BCUT2D eigenvalue weighted by Crippen LogP contribution is -2.28. The van der Waals surface area contributed by atoms with Crippen molar-refractivity contribution in [1.82, 2.24) is 5.32 Å². The number of benzene rings is 2. The van der Waals surface area contributed by atoms with E-state index in [1.165, 1.54) is 6.92 Å². The van der Waals surface area contributed by atoms with E-state index in [0.717, 1.165) is 5.56 Å². The van der Waals surface area contributed by atoms with E-state index in [0.29, 0.717) is 18.0 Å². The molecule has 0 saturated heterocycles. The molecule has 2 aromatic rings. The van der Waals surface area contributed by atoms with Crippen LogP contribution in [0.4, 0.5) is 5.69 Å². The van der Waals surface area contributed by atoms with Crippen molar-refractivity contribution in [3.8, 4) is 5.75 Å². The molecule has 0 fully saturated rings. The number of rotatable bonds is 7. The summed E-state index contributed by atoms with van der Waals surface area (Å²) in [6.45, 7) is 5.33. The van der Waals surface area contributed by atoms with Crippen LogP contribution in [-0.4, -0.2) is 18.4 Å². The molecule has 0 atom stereocenters. The third-order valence-corrected chi connectivity index (χ3v) is 3.13. The summed E-state index contributed by atoms with van der Waals surface area (Å²) in [6, 6.07) is 16.3. The number of amides is 2. The SMILES string of the molecule is C=CCOc1cccc(NC(=O)/C(=C/c2ccccc2)NC(C)=O)c1. The Morgan fingerprint density at radius 2 is 1.88 bits per heavy atom. The van der Waals surface area contributed by atoms with E-state index in [4.69, 9.17) is 4.74 Å². The van der Waals surface area contributed by atoms with E-state index in [1.54, 1.807) is 36.4 Å². The Morgan fingerprint density at radius 3 is 2.56 bits per heavy atom. The highest BCUT2D eigenvalue weighted by atomic mass is 16.5. The summed E-state index contributed by atoms with van der Waals surface area (Å²) < 4.78 is 5.44. The summed E-state index contributed by atoms with van der Waals surface area (Å²) >= 11 is 0. The number of carbonyl (C=O) groups is 2. The molecule has 0 spiro atoms. The van der Waals surface area contributed by atoms with Crippen LogP contribution < -0.4 is 15.4 Å². The highest BCUT2D eigenvalue weighted by Gasteiger charge is 2.12. The van der Waals surface area contributed by atoms with Crippen LogP contribution in [0.5, 0.6) is 5.75 Å². The van der Waals surface area contributed by atoms with Crippen LogP contribution >= 0.6 is 0 Å². The zero-order chi connectivity index (χ0) is 18.1. The van der Waals surface area contributed by atoms with E-state index in [2.05, 4.69) is 17.2 Å². The van der Waals surface area contributed by atoms with Crippen LogP contribution in [0.2, 0.25) is 0 Å². The Kier molecular flexibility index (Phi) is 6.54. The van der Waals surface area contributed by atoms with Crippen molar-refractivity contribution in [3.63, 3.8) is 0 Å². The van der Waals surface area contributed by atoms with Gasteiger partial charge in [-0.05, 0) is 23.8 Å². The lowest BCUT2D eigenvalue weighted by atomic mass is 10.2. The summed E-state index contributed by atoms with van der Waals surface area (Å²) in [5.74, 6) is -0.119. The molecule has 0 unspecified atom stereocenters. The van der Waals surface area contributed by atoms with Gasteiger partial charge in [-0.2, -0.15) is 0 Å². The van der Waals surface area contributed by atoms with Crippen molar-refractivity contribution in [2.24, 2.45) is 0 Å². The van der Waals surface area contributed by atoms with Crippen LogP contribution in [0, 0.1) is 0 Å². The lowest BCUT2D eigenvalue weighted by molar-refractivity contribution is -0.120. The van der Waals surface area contributed by atoms with Crippen LogP contribution in [0.15, 0.2) is 72.9 Å². The first-order chi connectivity index (χ1) is 12.1. The van der Waals surface area contributed by atoms with Crippen molar-refractivity contribution in [2.45, 2.75) is 6.92 Å². The summed E-state index contributed by atoms with van der Waals surface area (Å²) in [6.07, 6.45) is 3.26. The van der Waals surface area contributed by atoms with Crippen molar-refractivity contribution in [2.75, 3.05) is 11.9 Å². The quantitative estimate of drug-likeness (QED) is 0.602. The normalized spacial score (nSPS) is 10.7. The monoisotopic (exact) mass is 336 g/mol. The summed E-state index contributed by atoms with van der Waals surface area (Å²) in [7, 11) is 0. The smallest absolute Gasteiger partial charge is 0.272 e. The maximum atomic E-state index is 12.5. The van der Waals surface area contributed by atoms with Gasteiger partial charge in [0.05, 0.1) is 0 Å². The molecule has 0 heterocycles. The third-order valence-electron chi connectivity index (χ3n) is 3.13. The summed E-state index contributed by atoms with van der Waals surface area (Å²) in [5, 5.41) is 5.32. The van der Waals surface area contributed by atoms with Gasteiger partial charge in [0.1, 0.15) is 18.1 Å². The molecule has 0 radical (unpaired) electrons. The second-order valence-electron chi connectivity index (χ2n) is 5.23. The van der Waals surface area contributed by atoms with Crippen LogP contribution in [-0.2, 0) is 9.59 Å². The first-order valence-electron chi connectivity index (χ1n) is 7.78. The van der Waals surface area contributed by atoms with Gasteiger partial charge >= 0.3 is 0 Å². The fraction of sp³-hybridized carbons (Fsp3) is 0.100. The first-order valence-corrected chi connectivity index (χ1v) is 7.78. The Balaban J connectivity index is 2.18. The minimum Gasteiger partial charge on any atom is -0.489 e. The Labute approximate surface area is 147 Å². The first kappa shape index (κ1) is 18.0. The van der Waals surface area contributed by atoms with Crippen molar-refractivity contribution < 1.29 is 14.3 Å². The Morgan fingerprint density at radius 1 is 1.12 bits per heavy atom. The molecule has 2 N–H and O–H groups in total. The minimum absolute atomic E-state index is 0.163. The Hall–Kier alpha value is -3.34. The van der Waals surface area contributed by atoms with Gasteiger partial charge in [-0.1, -0.05) is 49.1 Å². The molecule has 0 aliphatic heterocycles. The molecule has 0 aliphatic carbocycles. The zero-order valence-corrected chi connectivity index (χ0v) is 14.0. The van der Waals surface area contributed by atoms with Gasteiger partial charge in [0.2, 0.25) is 5.91 Å². The van der Waals surface area contributed by atoms with Crippen LogP contribution in [0.3, 0.4) is 0 Å². The van der Waals surface area contributed by atoms with Gasteiger partial charge in [0.25, 0.3) is 5.91 Å². The second-order valence-corrected chi connectivity index (χ2v) is 5.23. The average molecular weight is 336 g/mol. The fourth-order valence-electron chi connectivity index (χ4n) is 2.08. The highest BCUT2D eigenvalue weighted by Crippen LogP contribution is 2.18. The molecular formula is C20H20N2O3. The van der Waals surface area contributed by atoms with E-state index in [9.17, 15) is 9.59 Å². The molecule has 2 rings (SSSR count). The largest absolute Gasteiger partial charge is 0.489 e. The van der Waals surface area contributed by atoms with Crippen molar-refractivity contribution in [1.29, 1.82) is 0 Å². The molecule has 2 aromatic carbocycles. The summed E-state index contributed by atoms with van der Waals surface area (Å²) in [4.78, 5) is 23.9. The van der Waals surface area contributed by atoms with Gasteiger partial charge in [-0.25, -0.2) is 0 Å². The van der Waals surface area contributed by atoms with Gasteiger partial charge in [-0.15, -0.1) is 0 Å². The fourth-order valence-corrected chi connectivity index (χ4v) is 2.08. The maximum absolute atomic E-state index is 12.5. The number of hydrogen-bond donors (Lipinski definition) is 2. The topological polar surface area (TPSA) is 67.4 Å². The molecule has 25 heavy (non-hydrogen) atoms. The van der Waals surface area contributed by atoms with Gasteiger partial charge in [0.15, 0.2) is 0 Å². The molecule has 0 bridgehead atoms. The highest BCUT2D eigenvalue weighted by molar-refractivity contribution is 6.08. The van der Waals surface area contributed by atoms with Crippen LogP contribution in [0.1, 0.15) is 12.5 Å². The van der Waals surface area contributed by atoms with Gasteiger partial charge < -0.3 is 15.4 Å². The number of ether oxygens (including phenoxy) is 1. The van der Waals surface area contributed by atoms with Crippen molar-refractivity contribution >= 4 is 23.6 Å². The Bertz CT molecular complexity index is 783. The molecule has 5 heteroatoms. The second kappa shape index (κ2) is 9.08. The summed E-state index contributed by atoms with van der Waals surface area (Å²) in [5.41, 5.74) is 1.54. The number of anilines is 1. The van der Waals surface area contributed by atoms with Gasteiger partial charge in [0, 0.05) is 18.7 Å². The molecule has 0 aromatic heterocycles. The average Bonchev–Trinajstić information content (AvgIpc) is 2.60. The predicted molar refractivity (Wildman–Crippen MR) is 99.0 cm³/mol. The minimum atomic E-state index is -0.417. The number of carbonyl (C=O) groups excluding carboxylic acids is 2. The maximum Gasteiger partial charge on any atom is 0.272 e. The predicted octanol–water partition coefficient (Wildman–Crippen LogP) is 3.37. The van der Waals surface area contributed by atoms with Crippen molar-refractivity contribution in [3.05, 3.63) is 78.5 Å². The number of hydrogen-bond acceptors (Lipinski definition) is 3. The van der Waals surface area contributed by atoms with E-state index in [1.807, 2.05) is 30.3 Å². The third kappa shape index (κ3) is 5.99. The van der Waals surface area contributed by atoms with E-state index < -0.39 is 5.91 Å². The molecule has 0 aliphatic rings. The van der Waals surface area contributed by atoms with Gasteiger partial charge in [-0.3, -0.25) is 9.59 Å². The van der Waals surface area contributed by atoms with E-state index >= 15 is 0 Å². The molecule has 2 amide bonds. The van der Waals surface area contributed by atoms with Crippen LogP contribution in [0.25, 0.3) is 6.08 Å².